The van der Waals surface area contributed by atoms with E-state index in [1.54, 1.807) is 31.5 Å². The fourth-order valence-corrected chi connectivity index (χ4v) is 3.77. The van der Waals surface area contributed by atoms with Crippen molar-refractivity contribution in [1.82, 2.24) is 14.8 Å². The maximum absolute atomic E-state index is 12.9. The molecule has 4 rings (SSSR count). The van der Waals surface area contributed by atoms with Gasteiger partial charge in [0.2, 0.25) is 0 Å². The molecule has 0 saturated heterocycles. The van der Waals surface area contributed by atoms with E-state index in [-0.39, 0.29) is 29.3 Å². The van der Waals surface area contributed by atoms with Crippen LogP contribution in [0, 0.1) is 0 Å². The minimum absolute atomic E-state index is 0.136. The summed E-state index contributed by atoms with van der Waals surface area (Å²) in [5.41, 5.74) is 6.16. The Hall–Kier alpha value is -3.63. The molecule has 0 fully saturated rings. The minimum Gasteiger partial charge on any atom is -0.497 e. The lowest BCUT2D eigenvalue weighted by Gasteiger charge is -2.17. The van der Waals surface area contributed by atoms with Crippen LogP contribution in [-0.2, 0) is 6.54 Å². The second-order valence-corrected chi connectivity index (χ2v) is 7.98. The number of nitrogens with zero attached hydrogens (tertiary/aromatic N) is 3. The van der Waals surface area contributed by atoms with Gasteiger partial charge in [-0.3, -0.25) is 9.78 Å². The summed E-state index contributed by atoms with van der Waals surface area (Å²) in [4.78, 5) is 16.6. The van der Waals surface area contributed by atoms with Crippen LogP contribution in [0.3, 0.4) is 0 Å². The number of benzene rings is 2. The minimum atomic E-state index is -4.62. The zero-order valence-corrected chi connectivity index (χ0v) is 19.2. The Bertz CT molecular complexity index is 1430. The summed E-state index contributed by atoms with van der Waals surface area (Å²) in [6.45, 7) is 0.277. The molecular formula is C24H20ClF3N4O3. The molecule has 0 radical (unpaired) electrons. The molecule has 2 aromatic carbocycles. The van der Waals surface area contributed by atoms with Crippen molar-refractivity contribution in [2.45, 2.75) is 18.8 Å². The van der Waals surface area contributed by atoms with Crippen LogP contribution in [0.5, 0.6) is 11.5 Å². The van der Waals surface area contributed by atoms with Crippen molar-refractivity contribution in [3.8, 4) is 22.8 Å². The number of hydrogen-bond acceptors (Lipinski definition) is 6. The van der Waals surface area contributed by atoms with Crippen LogP contribution in [0.4, 0.5) is 13.2 Å². The van der Waals surface area contributed by atoms with Gasteiger partial charge in [-0.05, 0) is 35.9 Å². The number of aromatic nitrogens is 3. The van der Waals surface area contributed by atoms with Crippen molar-refractivity contribution in [1.29, 1.82) is 0 Å². The molecule has 182 valence electrons. The molecule has 35 heavy (non-hydrogen) atoms. The van der Waals surface area contributed by atoms with Crippen molar-refractivity contribution in [2.75, 3.05) is 13.7 Å². The first kappa shape index (κ1) is 24.5. The zero-order valence-electron chi connectivity index (χ0n) is 18.4. The Balaban J connectivity index is 1.51. The number of fused-ring (bicyclic) bond motifs is 1. The monoisotopic (exact) mass is 504 g/mol. The van der Waals surface area contributed by atoms with Gasteiger partial charge in [-0.2, -0.15) is 18.3 Å². The van der Waals surface area contributed by atoms with Crippen LogP contribution in [-0.4, -0.2) is 34.7 Å². The highest BCUT2D eigenvalue weighted by atomic mass is 35.5. The summed E-state index contributed by atoms with van der Waals surface area (Å²) in [6, 6.07) is 11.7. The topological polar surface area (TPSA) is 92.3 Å². The van der Waals surface area contributed by atoms with E-state index >= 15 is 0 Å². The molecule has 11 heteroatoms. The Labute approximate surface area is 202 Å². The number of ether oxygens (including phenoxy) is 2. The number of nitrogens with two attached hydrogens (primary N) is 1. The van der Waals surface area contributed by atoms with Gasteiger partial charge in [-0.1, -0.05) is 23.7 Å². The molecule has 0 bridgehead atoms. The Kier molecular flexibility index (Phi) is 6.95. The van der Waals surface area contributed by atoms with Crippen molar-refractivity contribution in [2.24, 2.45) is 5.73 Å². The average Bonchev–Trinajstić information content (AvgIpc) is 2.84. The summed E-state index contributed by atoms with van der Waals surface area (Å²) in [5.74, 6) is 1.26. The van der Waals surface area contributed by atoms with Crippen LogP contribution in [0.2, 0.25) is 5.02 Å². The summed E-state index contributed by atoms with van der Waals surface area (Å²) >= 11 is 6.06. The summed E-state index contributed by atoms with van der Waals surface area (Å²) < 4.78 is 51.1. The van der Waals surface area contributed by atoms with E-state index < -0.39 is 12.2 Å². The molecule has 0 saturated carbocycles. The Morgan fingerprint density at radius 3 is 2.63 bits per heavy atom. The van der Waals surface area contributed by atoms with E-state index in [1.165, 1.54) is 35.0 Å². The second kappa shape index (κ2) is 9.93. The predicted molar refractivity (Wildman–Crippen MR) is 126 cm³/mol. The molecule has 0 aliphatic heterocycles. The van der Waals surface area contributed by atoms with Gasteiger partial charge in [-0.15, -0.1) is 0 Å². The highest BCUT2D eigenvalue weighted by Crippen LogP contribution is 2.35. The first-order valence-corrected chi connectivity index (χ1v) is 10.8. The molecule has 2 N–H and O–H groups in total. The third-order valence-electron chi connectivity index (χ3n) is 5.32. The van der Waals surface area contributed by atoms with Gasteiger partial charge in [0.05, 0.1) is 24.9 Å². The van der Waals surface area contributed by atoms with Crippen molar-refractivity contribution >= 4 is 22.5 Å². The Morgan fingerprint density at radius 1 is 1.11 bits per heavy atom. The van der Waals surface area contributed by atoms with Gasteiger partial charge < -0.3 is 15.2 Å². The third-order valence-corrected chi connectivity index (χ3v) is 5.65. The molecule has 2 heterocycles. The predicted octanol–water partition coefficient (Wildman–Crippen LogP) is 4.76. The highest BCUT2D eigenvalue weighted by Gasteiger charge is 2.38. The maximum Gasteiger partial charge on any atom is 0.407 e. The van der Waals surface area contributed by atoms with E-state index in [1.807, 2.05) is 6.07 Å². The summed E-state index contributed by atoms with van der Waals surface area (Å²) in [7, 11) is 1.57. The Morgan fingerprint density at radius 2 is 1.91 bits per heavy atom. The maximum atomic E-state index is 12.9. The lowest BCUT2D eigenvalue weighted by molar-refractivity contribution is -0.149. The van der Waals surface area contributed by atoms with Crippen LogP contribution >= 0.6 is 11.6 Å². The van der Waals surface area contributed by atoms with Gasteiger partial charge >= 0.3 is 6.18 Å². The highest BCUT2D eigenvalue weighted by molar-refractivity contribution is 6.31. The number of pyridine rings is 1. The van der Waals surface area contributed by atoms with Crippen molar-refractivity contribution < 1.29 is 22.6 Å². The first-order chi connectivity index (χ1) is 16.7. The number of alkyl halides is 3. The molecule has 0 aliphatic carbocycles. The number of methoxy groups -OCH3 is 1. The zero-order chi connectivity index (χ0) is 25.2. The summed E-state index contributed by atoms with van der Waals surface area (Å²) in [5, 5.41) is 4.95. The number of rotatable bonds is 7. The van der Waals surface area contributed by atoms with Gasteiger partial charge in [0.15, 0.2) is 0 Å². The first-order valence-electron chi connectivity index (χ1n) is 10.4. The van der Waals surface area contributed by atoms with Gasteiger partial charge in [0.1, 0.15) is 24.1 Å². The van der Waals surface area contributed by atoms with E-state index in [0.717, 1.165) is 5.39 Å². The number of halogens is 4. The largest absolute Gasteiger partial charge is 0.497 e. The van der Waals surface area contributed by atoms with Crippen LogP contribution in [0.25, 0.3) is 22.2 Å². The molecule has 0 spiro atoms. The third kappa shape index (κ3) is 5.39. The molecule has 1 atom stereocenters. The SMILES string of the molecule is COc1ccc2c(OCCn3nc(-c4ccc(C(N)C(F)(F)F)c(Cl)c4)ccc3=O)ccnc2c1. The molecule has 7 nitrogen and oxygen atoms in total. The number of hydrogen-bond donors (Lipinski definition) is 1. The average molecular weight is 505 g/mol. The van der Waals surface area contributed by atoms with Gasteiger partial charge in [-0.25, -0.2) is 4.68 Å². The molecule has 1 unspecified atom stereocenters. The second-order valence-electron chi connectivity index (χ2n) is 7.58. The smallest absolute Gasteiger partial charge is 0.407 e. The quantitative estimate of drug-likeness (QED) is 0.390. The molecular weight excluding hydrogens is 485 g/mol. The standard InChI is InChI=1S/C24H20ClF3N4O3/c1-34-15-3-5-17-20(13-15)30-9-8-21(17)35-11-10-32-22(33)7-6-19(31-32)14-2-4-16(18(25)12-14)23(29)24(26,27)28/h2-9,12-13,23H,10-11,29H2,1H3. The van der Waals surface area contributed by atoms with E-state index in [2.05, 4.69) is 10.1 Å². The van der Waals surface area contributed by atoms with E-state index in [4.69, 9.17) is 26.8 Å². The van der Waals surface area contributed by atoms with Gasteiger partial charge in [0, 0.05) is 34.3 Å². The van der Waals surface area contributed by atoms with Crippen molar-refractivity contribution in [3.05, 3.63) is 81.7 Å². The normalized spacial score (nSPS) is 12.5. The van der Waals surface area contributed by atoms with Crippen LogP contribution in [0.1, 0.15) is 11.6 Å². The summed E-state index contributed by atoms with van der Waals surface area (Å²) in [6.07, 6.45) is -3.01. The molecule has 2 aromatic heterocycles. The lowest BCUT2D eigenvalue weighted by Crippen LogP contribution is -2.28. The lowest BCUT2D eigenvalue weighted by atomic mass is 10.0. The van der Waals surface area contributed by atoms with Gasteiger partial charge in [0.25, 0.3) is 5.56 Å². The van der Waals surface area contributed by atoms with E-state index in [0.29, 0.717) is 28.3 Å². The molecule has 0 amide bonds. The fourth-order valence-electron chi connectivity index (χ4n) is 3.47. The van der Waals surface area contributed by atoms with Crippen LogP contribution < -0.4 is 20.8 Å². The molecule has 4 aromatic rings. The van der Waals surface area contributed by atoms with E-state index in [9.17, 15) is 18.0 Å². The van der Waals surface area contributed by atoms with Crippen LogP contribution in [0.15, 0.2) is 65.6 Å². The van der Waals surface area contributed by atoms with Crippen molar-refractivity contribution in [3.63, 3.8) is 0 Å². The molecule has 0 aliphatic rings. The fraction of sp³-hybridized carbons (Fsp3) is 0.208.